The minimum atomic E-state index is -3.62. The number of nitrogens with zero attached hydrogens (tertiary/aromatic N) is 2. The molecule has 4 rings (SSSR count). The van der Waals surface area contributed by atoms with Crippen LogP contribution in [0.2, 0.25) is 0 Å². The van der Waals surface area contributed by atoms with Gasteiger partial charge in [0.1, 0.15) is 0 Å². The first kappa shape index (κ1) is 22.5. The van der Waals surface area contributed by atoms with E-state index in [0.29, 0.717) is 31.5 Å². The Morgan fingerprint density at radius 2 is 1.66 bits per heavy atom. The molecule has 1 fully saturated rings. The monoisotopic (exact) mass is 456 g/mol. The van der Waals surface area contributed by atoms with E-state index in [-0.39, 0.29) is 23.0 Å². The van der Waals surface area contributed by atoms with Crippen LogP contribution in [0.15, 0.2) is 53.4 Å². The van der Waals surface area contributed by atoms with Crippen LogP contribution in [0.25, 0.3) is 0 Å². The normalized spacial score (nSPS) is 21.2. The van der Waals surface area contributed by atoms with E-state index >= 15 is 0 Å². The molecule has 32 heavy (non-hydrogen) atoms. The third kappa shape index (κ3) is 4.56. The molecule has 0 unspecified atom stereocenters. The minimum absolute atomic E-state index is 0.153. The molecule has 8 heteroatoms. The number of para-hydroxylation sites is 1. The molecule has 2 aromatic rings. The van der Waals surface area contributed by atoms with Gasteiger partial charge in [-0.25, -0.2) is 13.2 Å². The number of anilines is 1. The number of sulfonamides is 1. The molecule has 170 valence electrons. The van der Waals surface area contributed by atoms with Gasteiger partial charge < -0.3 is 9.64 Å². The van der Waals surface area contributed by atoms with Crippen LogP contribution >= 0.6 is 0 Å². The van der Waals surface area contributed by atoms with E-state index in [1.54, 1.807) is 4.90 Å². The summed E-state index contributed by atoms with van der Waals surface area (Å²) in [5.74, 6) is -0.323. The van der Waals surface area contributed by atoms with Gasteiger partial charge in [-0.1, -0.05) is 32.0 Å². The lowest BCUT2D eigenvalue weighted by atomic mass is 9.94. The van der Waals surface area contributed by atoms with Crippen molar-refractivity contribution in [3.8, 4) is 0 Å². The molecule has 0 N–H and O–H groups in total. The van der Waals surface area contributed by atoms with Crippen molar-refractivity contribution in [3.63, 3.8) is 0 Å². The molecule has 2 aliphatic rings. The first-order chi connectivity index (χ1) is 15.3. The fraction of sp³-hybridized carbons (Fsp3) is 0.417. The molecule has 2 atom stereocenters. The molecular weight excluding hydrogens is 428 g/mol. The summed E-state index contributed by atoms with van der Waals surface area (Å²) in [6.45, 7) is 5.31. The summed E-state index contributed by atoms with van der Waals surface area (Å²) in [5.41, 5.74) is 2.16. The lowest BCUT2D eigenvalue weighted by Crippen LogP contribution is -2.42. The number of esters is 1. The SMILES string of the molecule is C[C@H]1C[C@H](C)CN(S(=O)(=O)c2ccc(C(=O)OCC(=O)N3CCc4ccccc43)cc2)C1. The number of hydrogen-bond acceptors (Lipinski definition) is 5. The fourth-order valence-corrected chi connectivity index (χ4v) is 6.28. The first-order valence-corrected chi connectivity index (χ1v) is 12.4. The van der Waals surface area contributed by atoms with Gasteiger partial charge in [0.15, 0.2) is 6.61 Å². The van der Waals surface area contributed by atoms with Crippen LogP contribution < -0.4 is 4.90 Å². The second-order valence-corrected chi connectivity index (χ2v) is 10.7. The lowest BCUT2D eigenvalue weighted by molar-refractivity contribution is -0.121. The quantitative estimate of drug-likeness (QED) is 0.646. The second-order valence-electron chi connectivity index (χ2n) is 8.79. The van der Waals surface area contributed by atoms with Crippen LogP contribution in [0, 0.1) is 11.8 Å². The number of fused-ring (bicyclic) bond motifs is 1. The van der Waals surface area contributed by atoms with Gasteiger partial charge in [0, 0.05) is 25.3 Å². The Hall–Kier alpha value is -2.71. The molecule has 7 nitrogen and oxygen atoms in total. The first-order valence-electron chi connectivity index (χ1n) is 10.9. The maximum Gasteiger partial charge on any atom is 0.338 e. The van der Waals surface area contributed by atoms with Gasteiger partial charge in [-0.15, -0.1) is 0 Å². The zero-order valence-corrected chi connectivity index (χ0v) is 19.2. The molecule has 0 spiro atoms. The smallest absolute Gasteiger partial charge is 0.338 e. The highest BCUT2D eigenvalue weighted by atomic mass is 32.2. The summed E-state index contributed by atoms with van der Waals surface area (Å²) in [7, 11) is -3.62. The highest BCUT2D eigenvalue weighted by Gasteiger charge is 2.32. The van der Waals surface area contributed by atoms with Crippen molar-refractivity contribution in [1.29, 1.82) is 0 Å². The highest BCUT2D eigenvalue weighted by molar-refractivity contribution is 7.89. The van der Waals surface area contributed by atoms with Gasteiger partial charge in [0.05, 0.1) is 10.5 Å². The number of amides is 1. The second kappa shape index (κ2) is 9.03. The molecule has 0 aliphatic carbocycles. The number of carbonyl (C=O) groups is 2. The minimum Gasteiger partial charge on any atom is -0.452 e. The van der Waals surface area contributed by atoms with E-state index in [1.807, 2.05) is 24.3 Å². The van der Waals surface area contributed by atoms with Crippen molar-refractivity contribution >= 4 is 27.6 Å². The van der Waals surface area contributed by atoms with Crippen LogP contribution in [0.3, 0.4) is 0 Å². The van der Waals surface area contributed by atoms with Gasteiger partial charge in [-0.2, -0.15) is 4.31 Å². The Kier molecular flexibility index (Phi) is 6.35. The van der Waals surface area contributed by atoms with Crippen molar-refractivity contribution < 1.29 is 22.7 Å². The maximum atomic E-state index is 13.0. The summed E-state index contributed by atoms with van der Waals surface area (Å²) >= 11 is 0. The van der Waals surface area contributed by atoms with E-state index in [9.17, 15) is 18.0 Å². The molecule has 1 saturated heterocycles. The van der Waals surface area contributed by atoms with E-state index in [4.69, 9.17) is 4.74 Å². The zero-order valence-electron chi connectivity index (χ0n) is 18.4. The standard InChI is InChI=1S/C24H28N2O5S/c1-17-13-18(2)15-25(14-17)32(29,30)21-9-7-20(8-10-21)24(28)31-16-23(27)26-12-11-19-5-3-4-6-22(19)26/h3-10,17-18H,11-16H2,1-2H3/t17-,18-/m0/s1. The number of piperidine rings is 1. The van der Waals surface area contributed by atoms with E-state index in [1.165, 1.54) is 28.6 Å². The largest absolute Gasteiger partial charge is 0.452 e. The number of benzene rings is 2. The van der Waals surface area contributed by atoms with Crippen molar-refractivity contribution in [1.82, 2.24) is 4.31 Å². The van der Waals surface area contributed by atoms with Crippen molar-refractivity contribution in [2.45, 2.75) is 31.6 Å². The molecule has 2 heterocycles. The molecule has 2 aromatic carbocycles. The van der Waals surface area contributed by atoms with Gasteiger partial charge in [-0.3, -0.25) is 4.79 Å². The van der Waals surface area contributed by atoms with Gasteiger partial charge in [-0.05, 0) is 60.6 Å². The average molecular weight is 457 g/mol. The Morgan fingerprint density at radius 3 is 2.34 bits per heavy atom. The Balaban J connectivity index is 1.38. The lowest BCUT2D eigenvalue weighted by Gasteiger charge is -2.34. The van der Waals surface area contributed by atoms with E-state index in [2.05, 4.69) is 13.8 Å². The Labute approximate surface area is 189 Å². The third-order valence-corrected chi connectivity index (χ3v) is 7.92. The molecule has 0 saturated carbocycles. The van der Waals surface area contributed by atoms with Crippen molar-refractivity contribution in [3.05, 3.63) is 59.7 Å². The van der Waals surface area contributed by atoms with Crippen molar-refractivity contribution in [2.24, 2.45) is 11.8 Å². The molecule has 0 bridgehead atoms. The van der Waals surface area contributed by atoms with Gasteiger partial charge in [0.25, 0.3) is 5.91 Å². The van der Waals surface area contributed by atoms with Crippen LogP contribution in [-0.2, 0) is 26.0 Å². The van der Waals surface area contributed by atoms with Crippen molar-refractivity contribution in [2.75, 3.05) is 31.1 Å². The zero-order chi connectivity index (χ0) is 22.9. The Morgan fingerprint density at radius 1 is 1.00 bits per heavy atom. The third-order valence-electron chi connectivity index (χ3n) is 6.08. The number of ether oxygens (including phenoxy) is 1. The number of rotatable bonds is 5. The summed E-state index contributed by atoms with van der Waals surface area (Å²) in [6, 6.07) is 13.4. The van der Waals surface area contributed by atoms with Crippen LogP contribution in [-0.4, -0.2) is 50.8 Å². The summed E-state index contributed by atoms with van der Waals surface area (Å²) in [5, 5.41) is 0. The fourth-order valence-electron chi connectivity index (χ4n) is 4.60. The van der Waals surface area contributed by atoms with Gasteiger partial charge >= 0.3 is 5.97 Å². The average Bonchev–Trinajstić information content (AvgIpc) is 3.21. The summed E-state index contributed by atoms with van der Waals surface area (Å²) in [6.07, 6.45) is 1.79. The maximum absolute atomic E-state index is 13.0. The molecule has 1 amide bonds. The van der Waals surface area contributed by atoms with Crippen LogP contribution in [0.5, 0.6) is 0 Å². The molecular formula is C24H28N2O5S. The summed E-state index contributed by atoms with van der Waals surface area (Å²) in [4.78, 5) is 26.7. The van der Waals surface area contributed by atoms with Crippen LogP contribution in [0.1, 0.15) is 36.2 Å². The molecule has 0 radical (unpaired) electrons. The molecule has 0 aromatic heterocycles. The van der Waals surface area contributed by atoms with Crippen LogP contribution in [0.4, 0.5) is 5.69 Å². The molecule has 2 aliphatic heterocycles. The number of carbonyl (C=O) groups excluding carboxylic acids is 2. The highest BCUT2D eigenvalue weighted by Crippen LogP contribution is 2.28. The predicted octanol–water partition coefficient (Wildman–Crippen LogP) is 3.10. The summed E-state index contributed by atoms with van der Waals surface area (Å²) < 4.78 is 32.7. The van der Waals surface area contributed by atoms with Gasteiger partial charge in [0.2, 0.25) is 10.0 Å². The Bertz CT molecular complexity index is 1100. The predicted molar refractivity (Wildman–Crippen MR) is 121 cm³/mol. The topological polar surface area (TPSA) is 84.0 Å². The van der Waals surface area contributed by atoms with E-state index < -0.39 is 16.0 Å². The number of hydrogen-bond donors (Lipinski definition) is 0. The van der Waals surface area contributed by atoms with E-state index in [0.717, 1.165) is 24.1 Å².